The highest BCUT2D eigenvalue weighted by atomic mass is 16.3. The van der Waals surface area contributed by atoms with Crippen LogP contribution in [0.25, 0.3) is 0 Å². The molecule has 1 fully saturated rings. The minimum Gasteiger partial charge on any atom is -0.467 e. The lowest BCUT2D eigenvalue weighted by molar-refractivity contribution is -0.130. The highest BCUT2D eigenvalue weighted by Gasteiger charge is 2.16. The molecule has 1 N–H and O–H groups in total. The van der Waals surface area contributed by atoms with Crippen molar-refractivity contribution in [2.75, 3.05) is 13.6 Å². The van der Waals surface area contributed by atoms with E-state index in [0.29, 0.717) is 19.0 Å². The second-order valence-corrected chi connectivity index (χ2v) is 5.01. The van der Waals surface area contributed by atoms with Crippen molar-refractivity contribution in [2.24, 2.45) is 0 Å². The lowest BCUT2D eigenvalue weighted by Gasteiger charge is -2.24. The minimum atomic E-state index is 0.193. The van der Waals surface area contributed by atoms with Crippen molar-refractivity contribution in [1.82, 2.24) is 10.2 Å². The fourth-order valence-electron chi connectivity index (χ4n) is 2.38. The van der Waals surface area contributed by atoms with Crippen LogP contribution in [0.15, 0.2) is 22.8 Å². The van der Waals surface area contributed by atoms with Gasteiger partial charge in [0.05, 0.1) is 12.8 Å². The van der Waals surface area contributed by atoms with Gasteiger partial charge in [-0.25, -0.2) is 0 Å². The maximum Gasteiger partial charge on any atom is 0.222 e. The average molecular weight is 250 g/mol. The number of rotatable bonds is 5. The van der Waals surface area contributed by atoms with E-state index in [0.717, 1.165) is 18.7 Å². The summed E-state index contributed by atoms with van der Waals surface area (Å²) in [6, 6.07) is 4.27. The monoisotopic (exact) mass is 250 g/mol. The lowest BCUT2D eigenvalue weighted by atomic mass is 10.0. The molecule has 4 nitrogen and oxygen atoms in total. The molecule has 18 heavy (non-hydrogen) atoms. The van der Waals surface area contributed by atoms with E-state index >= 15 is 0 Å². The number of piperidine rings is 1. The third-order valence-electron chi connectivity index (χ3n) is 3.52. The summed E-state index contributed by atoms with van der Waals surface area (Å²) in [6.45, 7) is 1.66. The summed E-state index contributed by atoms with van der Waals surface area (Å²) in [5.74, 6) is 1.03. The van der Waals surface area contributed by atoms with E-state index < -0.39 is 0 Å². The molecule has 0 spiro atoms. The number of carbonyl (C=O) groups excluding carboxylic acids is 1. The molecule has 1 aromatic rings. The van der Waals surface area contributed by atoms with Gasteiger partial charge in [0.25, 0.3) is 0 Å². The first-order chi connectivity index (χ1) is 8.75. The zero-order valence-electron chi connectivity index (χ0n) is 11.0. The quantitative estimate of drug-likeness (QED) is 0.871. The van der Waals surface area contributed by atoms with Crippen LogP contribution in [0, 0.1) is 0 Å². The van der Waals surface area contributed by atoms with Crippen molar-refractivity contribution < 1.29 is 9.21 Å². The van der Waals surface area contributed by atoms with Crippen LogP contribution < -0.4 is 5.32 Å². The van der Waals surface area contributed by atoms with E-state index in [2.05, 4.69) is 5.32 Å². The largest absolute Gasteiger partial charge is 0.467 e. The fraction of sp³-hybridized carbons (Fsp3) is 0.643. The van der Waals surface area contributed by atoms with Crippen LogP contribution in [0.4, 0.5) is 0 Å². The summed E-state index contributed by atoms with van der Waals surface area (Å²) in [4.78, 5) is 13.7. The maximum absolute atomic E-state index is 12.0. The number of carbonyl (C=O) groups is 1. The van der Waals surface area contributed by atoms with E-state index in [9.17, 15) is 4.79 Å². The van der Waals surface area contributed by atoms with Gasteiger partial charge in [-0.3, -0.25) is 4.79 Å². The molecule has 0 aliphatic carbocycles. The Balaban J connectivity index is 1.70. The van der Waals surface area contributed by atoms with Crippen molar-refractivity contribution >= 4 is 5.91 Å². The van der Waals surface area contributed by atoms with Crippen molar-refractivity contribution in [3.63, 3.8) is 0 Å². The Labute approximate surface area is 108 Å². The third-order valence-corrected chi connectivity index (χ3v) is 3.52. The first kappa shape index (κ1) is 13.1. The highest BCUT2D eigenvalue weighted by molar-refractivity contribution is 5.75. The van der Waals surface area contributed by atoms with Gasteiger partial charge in [-0.05, 0) is 37.9 Å². The predicted octanol–water partition coefficient (Wildman–Crippen LogP) is 2.16. The van der Waals surface area contributed by atoms with Crippen molar-refractivity contribution in [2.45, 2.75) is 44.7 Å². The number of amides is 1. The molecule has 2 rings (SSSR count). The van der Waals surface area contributed by atoms with E-state index in [1.807, 2.05) is 19.2 Å². The van der Waals surface area contributed by atoms with Gasteiger partial charge in [0, 0.05) is 19.5 Å². The van der Waals surface area contributed by atoms with E-state index in [1.54, 1.807) is 11.2 Å². The number of nitrogens with zero attached hydrogens (tertiary/aromatic N) is 1. The Hall–Kier alpha value is -1.29. The van der Waals surface area contributed by atoms with E-state index in [1.165, 1.54) is 19.3 Å². The maximum atomic E-state index is 12.0. The first-order valence-corrected chi connectivity index (χ1v) is 6.75. The molecular formula is C14H22N2O2. The molecule has 1 unspecified atom stereocenters. The van der Waals surface area contributed by atoms with Crippen molar-refractivity contribution in [3.05, 3.63) is 24.2 Å². The second-order valence-electron chi connectivity index (χ2n) is 5.01. The van der Waals surface area contributed by atoms with Crippen LogP contribution >= 0.6 is 0 Å². The van der Waals surface area contributed by atoms with Gasteiger partial charge in [0.2, 0.25) is 5.91 Å². The summed E-state index contributed by atoms with van der Waals surface area (Å²) in [5, 5.41) is 3.47. The van der Waals surface area contributed by atoms with Crippen LogP contribution in [0.2, 0.25) is 0 Å². The van der Waals surface area contributed by atoms with Crippen LogP contribution in [0.3, 0.4) is 0 Å². The number of hydrogen-bond acceptors (Lipinski definition) is 3. The van der Waals surface area contributed by atoms with Crippen LogP contribution in [-0.4, -0.2) is 30.4 Å². The molecule has 2 heterocycles. The molecule has 0 radical (unpaired) electrons. The molecule has 1 amide bonds. The van der Waals surface area contributed by atoms with Crippen LogP contribution in [-0.2, 0) is 11.3 Å². The smallest absolute Gasteiger partial charge is 0.222 e. The fourth-order valence-corrected chi connectivity index (χ4v) is 2.38. The summed E-state index contributed by atoms with van der Waals surface area (Å²) in [7, 11) is 1.83. The van der Waals surface area contributed by atoms with Gasteiger partial charge in [-0.1, -0.05) is 6.42 Å². The normalized spacial score (nSPS) is 19.7. The lowest BCUT2D eigenvalue weighted by Crippen LogP contribution is -2.35. The van der Waals surface area contributed by atoms with Gasteiger partial charge in [-0.15, -0.1) is 0 Å². The standard InChI is InChI=1S/C14H22N2O2/c1-16(11-13-6-4-10-18-13)14(17)8-7-12-5-2-3-9-15-12/h4,6,10,12,15H,2-3,5,7-9,11H2,1H3. The molecule has 1 saturated heterocycles. The topological polar surface area (TPSA) is 45.5 Å². The highest BCUT2D eigenvalue weighted by Crippen LogP contribution is 2.13. The summed E-state index contributed by atoms with van der Waals surface area (Å²) >= 11 is 0. The Bertz CT molecular complexity index is 356. The molecule has 100 valence electrons. The van der Waals surface area contributed by atoms with Crippen LogP contribution in [0.5, 0.6) is 0 Å². The van der Waals surface area contributed by atoms with Gasteiger partial charge in [0.1, 0.15) is 5.76 Å². The van der Waals surface area contributed by atoms with Crippen molar-refractivity contribution in [1.29, 1.82) is 0 Å². The average Bonchev–Trinajstić information content (AvgIpc) is 2.90. The second kappa shape index (κ2) is 6.59. The Morgan fingerprint density at radius 2 is 2.44 bits per heavy atom. The molecule has 0 saturated carbocycles. The van der Waals surface area contributed by atoms with Gasteiger partial charge >= 0.3 is 0 Å². The third kappa shape index (κ3) is 3.88. The SMILES string of the molecule is CN(Cc1ccco1)C(=O)CCC1CCCCN1. The molecule has 4 heteroatoms. The van der Waals surface area contributed by atoms with E-state index in [4.69, 9.17) is 4.42 Å². The van der Waals surface area contributed by atoms with Gasteiger partial charge < -0.3 is 14.6 Å². The summed E-state index contributed by atoms with van der Waals surface area (Å²) < 4.78 is 5.24. The van der Waals surface area contributed by atoms with Gasteiger partial charge in [-0.2, -0.15) is 0 Å². The van der Waals surface area contributed by atoms with E-state index in [-0.39, 0.29) is 5.91 Å². The molecule has 0 bridgehead atoms. The zero-order chi connectivity index (χ0) is 12.8. The number of hydrogen-bond donors (Lipinski definition) is 1. The zero-order valence-corrected chi connectivity index (χ0v) is 11.0. The number of nitrogens with one attached hydrogen (secondary N) is 1. The first-order valence-electron chi connectivity index (χ1n) is 6.75. The van der Waals surface area contributed by atoms with Crippen molar-refractivity contribution in [3.8, 4) is 0 Å². The molecule has 1 aliphatic heterocycles. The minimum absolute atomic E-state index is 0.193. The Morgan fingerprint density at radius 1 is 1.56 bits per heavy atom. The molecule has 1 aliphatic rings. The van der Waals surface area contributed by atoms with Gasteiger partial charge in [0.15, 0.2) is 0 Å². The Morgan fingerprint density at radius 3 is 3.11 bits per heavy atom. The number of furan rings is 1. The summed E-state index contributed by atoms with van der Waals surface area (Å²) in [5.41, 5.74) is 0. The molecule has 1 atom stereocenters. The molecular weight excluding hydrogens is 228 g/mol. The molecule has 0 aromatic carbocycles. The Kier molecular flexibility index (Phi) is 4.81. The summed E-state index contributed by atoms with van der Waals surface area (Å²) in [6.07, 6.45) is 6.96. The molecule has 1 aromatic heterocycles. The predicted molar refractivity (Wildman–Crippen MR) is 70.1 cm³/mol. The van der Waals surface area contributed by atoms with Crippen LogP contribution in [0.1, 0.15) is 37.9 Å².